The quantitative estimate of drug-likeness (QED) is 0.724. The number of hydrogen-bond acceptors (Lipinski definition) is 4. The van der Waals surface area contributed by atoms with Crippen molar-refractivity contribution in [2.24, 2.45) is 0 Å². The van der Waals surface area contributed by atoms with Gasteiger partial charge in [-0.25, -0.2) is 4.98 Å². The molecule has 0 spiro atoms. The Balaban J connectivity index is 1.77. The largest absolute Gasteiger partial charge is 0.366 e. The summed E-state index contributed by atoms with van der Waals surface area (Å²) >= 11 is 5.92. The van der Waals surface area contributed by atoms with Crippen LogP contribution in [0.5, 0.6) is 0 Å². The van der Waals surface area contributed by atoms with E-state index in [-0.39, 0.29) is 0 Å². The zero-order valence-electron chi connectivity index (χ0n) is 13.7. The first-order valence-corrected chi connectivity index (χ1v) is 8.12. The van der Waals surface area contributed by atoms with Gasteiger partial charge in [0.25, 0.3) is 0 Å². The fourth-order valence-corrected chi connectivity index (χ4v) is 2.48. The standard InChI is InChI=1S/C19H19ClN4/c1-14-12-18(21-13-15-8-10-16(20)11-9-15)23-19(22-14)24(2)17-6-4-3-5-7-17/h3-12H,13H2,1-2H3,(H,21,22,23). The van der Waals surface area contributed by atoms with Gasteiger partial charge in [-0.2, -0.15) is 4.98 Å². The van der Waals surface area contributed by atoms with Gasteiger partial charge in [0, 0.05) is 36.1 Å². The first-order valence-electron chi connectivity index (χ1n) is 7.74. The SMILES string of the molecule is Cc1cc(NCc2ccc(Cl)cc2)nc(N(C)c2ccccc2)n1. The van der Waals surface area contributed by atoms with Gasteiger partial charge in [0.05, 0.1) is 0 Å². The molecule has 1 aromatic heterocycles. The first-order chi connectivity index (χ1) is 11.6. The third kappa shape index (κ3) is 4.03. The second kappa shape index (κ2) is 7.32. The van der Waals surface area contributed by atoms with Gasteiger partial charge < -0.3 is 10.2 Å². The minimum atomic E-state index is 0.666. The average molecular weight is 339 g/mol. The monoisotopic (exact) mass is 338 g/mol. The van der Waals surface area contributed by atoms with E-state index in [0.717, 1.165) is 27.8 Å². The van der Waals surface area contributed by atoms with Crippen molar-refractivity contribution in [2.45, 2.75) is 13.5 Å². The molecule has 2 aromatic carbocycles. The predicted octanol–water partition coefficient (Wildman–Crippen LogP) is 4.82. The molecule has 0 saturated heterocycles. The van der Waals surface area contributed by atoms with Crippen LogP contribution >= 0.6 is 11.6 Å². The van der Waals surface area contributed by atoms with Crippen LogP contribution in [0.25, 0.3) is 0 Å². The number of nitrogens with one attached hydrogen (secondary N) is 1. The molecule has 24 heavy (non-hydrogen) atoms. The molecular formula is C19H19ClN4. The Labute approximate surface area is 147 Å². The fraction of sp³-hybridized carbons (Fsp3) is 0.158. The molecule has 1 N–H and O–H groups in total. The lowest BCUT2D eigenvalue weighted by atomic mass is 10.2. The molecule has 3 aromatic rings. The van der Waals surface area contributed by atoms with Crippen LogP contribution in [0, 0.1) is 6.92 Å². The van der Waals surface area contributed by atoms with Gasteiger partial charge in [0.2, 0.25) is 5.95 Å². The highest BCUT2D eigenvalue weighted by molar-refractivity contribution is 6.30. The van der Waals surface area contributed by atoms with Crippen LogP contribution in [0.15, 0.2) is 60.7 Å². The maximum Gasteiger partial charge on any atom is 0.231 e. The summed E-state index contributed by atoms with van der Waals surface area (Å²) in [6, 6.07) is 19.8. The van der Waals surface area contributed by atoms with Crippen molar-refractivity contribution in [1.82, 2.24) is 9.97 Å². The van der Waals surface area contributed by atoms with E-state index >= 15 is 0 Å². The van der Waals surface area contributed by atoms with Gasteiger partial charge in [-0.3, -0.25) is 0 Å². The number of para-hydroxylation sites is 1. The molecule has 122 valence electrons. The van der Waals surface area contributed by atoms with Crippen LogP contribution in [-0.4, -0.2) is 17.0 Å². The van der Waals surface area contributed by atoms with Crippen LogP contribution in [0.4, 0.5) is 17.5 Å². The van der Waals surface area contributed by atoms with Gasteiger partial charge in [-0.1, -0.05) is 41.9 Å². The van der Waals surface area contributed by atoms with Crippen molar-refractivity contribution in [2.75, 3.05) is 17.3 Å². The minimum Gasteiger partial charge on any atom is -0.366 e. The van der Waals surface area contributed by atoms with Crippen LogP contribution in [-0.2, 0) is 6.54 Å². The average Bonchev–Trinajstić information content (AvgIpc) is 2.61. The second-order valence-electron chi connectivity index (χ2n) is 5.57. The molecule has 0 atom stereocenters. The van der Waals surface area contributed by atoms with Crippen molar-refractivity contribution in [1.29, 1.82) is 0 Å². The number of aromatic nitrogens is 2. The highest BCUT2D eigenvalue weighted by Gasteiger charge is 2.09. The smallest absolute Gasteiger partial charge is 0.231 e. The number of benzene rings is 2. The van der Waals surface area contributed by atoms with Crippen molar-refractivity contribution in [3.8, 4) is 0 Å². The molecule has 0 saturated carbocycles. The van der Waals surface area contributed by atoms with Crippen molar-refractivity contribution >= 4 is 29.1 Å². The van der Waals surface area contributed by atoms with Crippen LogP contribution in [0.3, 0.4) is 0 Å². The van der Waals surface area contributed by atoms with Crippen LogP contribution in [0.2, 0.25) is 5.02 Å². The fourth-order valence-electron chi connectivity index (χ4n) is 2.36. The lowest BCUT2D eigenvalue weighted by molar-refractivity contribution is 0.998. The van der Waals surface area contributed by atoms with E-state index < -0.39 is 0 Å². The highest BCUT2D eigenvalue weighted by Crippen LogP contribution is 2.21. The van der Waals surface area contributed by atoms with E-state index in [1.807, 2.05) is 79.5 Å². The normalized spacial score (nSPS) is 10.5. The van der Waals surface area contributed by atoms with Crippen LogP contribution in [0.1, 0.15) is 11.3 Å². The summed E-state index contributed by atoms with van der Waals surface area (Å²) in [6.07, 6.45) is 0. The van der Waals surface area contributed by atoms with Gasteiger partial charge in [0.15, 0.2) is 0 Å². The van der Waals surface area contributed by atoms with E-state index in [2.05, 4.69) is 15.3 Å². The number of halogens is 1. The molecule has 0 radical (unpaired) electrons. The van der Waals surface area contributed by atoms with E-state index in [9.17, 15) is 0 Å². The van der Waals surface area contributed by atoms with E-state index in [0.29, 0.717) is 12.5 Å². The topological polar surface area (TPSA) is 41.1 Å². The predicted molar refractivity (Wildman–Crippen MR) is 100 cm³/mol. The van der Waals surface area contributed by atoms with Crippen molar-refractivity contribution < 1.29 is 0 Å². The Hall–Kier alpha value is -2.59. The molecule has 3 rings (SSSR count). The van der Waals surface area contributed by atoms with Crippen LogP contribution < -0.4 is 10.2 Å². The summed E-state index contributed by atoms with van der Waals surface area (Å²) < 4.78 is 0. The molecular weight excluding hydrogens is 320 g/mol. The molecule has 0 aliphatic carbocycles. The van der Waals surface area contributed by atoms with Gasteiger partial charge >= 0.3 is 0 Å². The lowest BCUT2D eigenvalue weighted by Gasteiger charge is -2.18. The molecule has 0 aliphatic rings. The molecule has 0 bridgehead atoms. The summed E-state index contributed by atoms with van der Waals surface area (Å²) in [4.78, 5) is 11.1. The summed E-state index contributed by atoms with van der Waals surface area (Å²) in [5, 5.41) is 4.09. The van der Waals surface area contributed by atoms with Gasteiger partial charge in [-0.05, 0) is 36.8 Å². The Morgan fingerprint density at radius 3 is 2.42 bits per heavy atom. The van der Waals surface area contributed by atoms with E-state index in [4.69, 9.17) is 11.6 Å². The maximum absolute atomic E-state index is 5.92. The highest BCUT2D eigenvalue weighted by atomic mass is 35.5. The Kier molecular flexibility index (Phi) is 4.96. The Bertz CT molecular complexity index is 803. The number of aryl methyl sites for hydroxylation is 1. The van der Waals surface area contributed by atoms with Crippen molar-refractivity contribution in [3.63, 3.8) is 0 Å². The number of anilines is 3. The molecule has 0 aliphatic heterocycles. The number of hydrogen-bond donors (Lipinski definition) is 1. The zero-order valence-corrected chi connectivity index (χ0v) is 14.5. The third-order valence-corrected chi connectivity index (χ3v) is 3.92. The Morgan fingerprint density at radius 2 is 1.71 bits per heavy atom. The summed E-state index contributed by atoms with van der Waals surface area (Å²) in [7, 11) is 1.97. The number of nitrogens with zero attached hydrogens (tertiary/aromatic N) is 3. The summed E-state index contributed by atoms with van der Waals surface area (Å²) in [5.41, 5.74) is 3.11. The van der Waals surface area contributed by atoms with E-state index in [1.165, 1.54) is 0 Å². The van der Waals surface area contributed by atoms with E-state index in [1.54, 1.807) is 0 Å². The summed E-state index contributed by atoms with van der Waals surface area (Å²) in [5.74, 6) is 1.47. The lowest BCUT2D eigenvalue weighted by Crippen LogP contribution is -2.14. The molecule has 0 amide bonds. The maximum atomic E-state index is 5.92. The Morgan fingerprint density at radius 1 is 1.00 bits per heavy atom. The molecule has 0 unspecified atom stereocenters. The van der Waals surface area contributed by atoms with Gasteiger partial charge in [-0.15, -0.1) is 0 Å². The molecule has 1 heterocycles. The molecule has 0 fully saturated rings. The third-order valence-electron chi connectivity index (χ3n) is 3.67. The summed E-state index contributed by atoms with van der Waals surface area (Å²) in [6.45, 7) is 2.65. The zero-order chi connectivity index (χ0) is 16.9. The van der Waals surface area contributed by atoms with Gasteiger partial charge in [0.1, 0.15) is 5.82 Å². The minimum absolute atomic E-state index is 0.666. The molecule has 5 heteroatoms. The van der Waals surface area contributed by atoms with Crippen molar-refractivity contribution in [3.05, 3.63) is 76.9 Å². The molecule has 4 nitrogen and oxygen atoms in total. The first kappa shape index (κ1) is 16.3. The second-order valence-corrected chi connectivity index (χ2v) is 6.01. The number of rotatable bonds is 5.